The summed E-state index contributed by atoms with van der Waals surface area (Å²) < 4.78 is 0. The summed E-state index contributed by atoms with van der Waals surface area (Å²) >= 11 is 0. The molecule has 0 saturated carbocycles. The van der Waals surface area contributed by atoms with E-state index in [9.17, 15) is 10.2 Å². The van der Waals surface area contributed by atoms with Crippen molar-refractivity contribution < 1.29 is 10.2 Å². The Hall–Kier alpha value is -1.96. The third-order valence-electron chi connectivity index (χ3n) is 3.03. The topological polar surface area (TPSA) is 40.5 Å². The van der Waals surface area contributed by atoms with Gasteiger partial charge >= 0.3 is 0 Å². The molecule has 0 atom stereocenters. The van der Waals surface area contributed by atoms with Crippen LogP contribution in [0.1, 0.15) is 16.7 Å². The van der Waals surface area contributed by atoms with Crippen molar-refractivity contribution in [2.24, 2.45) is 0 Å². The lowest BCUT2D eigenvalue weighted by Crippen LogP contribution is -1.87. The van der Waals surface area contributed by atoms with E-state index in [4.69, 9.17) is 0 Å². The maximum Gasteiger partial charge on any atom is 0.130 e. The molecule has 0 aliphatic carbocycles. The molecule has 17 heavy (non-hydrogen) atoms. The fourth-order valence-electron chi connectivity index (χ4n) is 2.00. The fraction of sp³-hybridized carbons (Fsp3) is 0.200. The van der Waals surface area contributed by atoms with Crippen LogP contribution in [0.25, 0.3) is 11.1 Å². The van der Waals surface area contributed by atoms with Crippen LogP contribution < -0.4 is 0 Å². The molecule has 0 amide bonds. The Morgan fingerprint density at radius 2 is 1.59 bits per heavy atom. The average molecular weight is 228 g/mol. The van der Waals surface area contributed by atoms with Gasteiger partial charge in [0.15, 0.2) is 0 Å². The lowest BCUT2D eigenvalue weighted by molar-refractivity contribution is 0.442. The first-order valence-electron chi connectivity index (χ1n) is 5.60. The largest absolute Gasteiger partial charge is 0.507 e. The predicted molar refractivity (Wildman–Crippen MR) is 69.4 cm³/mol. The van der Waals surface area contributed by atoms with Gasteiger partial charge in [-0.3, -0.25) is 0 Å². The molecule has 2 aromatic carbocycles. The van der Waals surface area contributed by atoms with E-state index in [0.717, 1.165) is 22.3 Å². The third-order valence-corrected chi connectivity index (χ3v) is 3.03. The van der Waals surface area contributed by atoms with Gasteiger partial charge in [0.25, 0.3) is 0 Å². The van der Waals surface area contributed by atoms with Crippen molar-refractivity contribution in [1.82, 2.24) is 0 Å². The minimum absolute atomic E-state index is 0.152. The smallest absolute Gasteiger partial charge is 0.130 e. The number of hydrogen-bond acceptors (Lipinski definition) is 2. The molecule has 2 heteroatoms. The lowest BCUT2D eigenvalue weighted by Gasteiger charge is -2.12. The molecule has 0 fully saturated rings. The molecule has 0 heterocycles. The van der Waals surface area contributed by atoms with Crippen LogP contribution in [0.2, 0.25) is 0 Å². The van der Waals surface area contributed by atoms with Gasteiger partial charge < -0.3 is 10.2 Å². The van der Waals surface area contributed by atoms with Crippen LogP contribution in [-0.2, 0) is 0 Å². The van der Waals surface area contributed by atoms with Gasteiger partial charge in [-0.15, -0.1) is 0 Å². The molecule has 0 bridgehead atoms. The van der Waals surface area contributed by atoms with E-state index in [2.05, 4.69) is 0 Å². The quantitative estimate of drug-likeness (QED) is 0.781. The summed E-state index contributed by atoms with van der Waals surface area (Å²) in [4.78, 5) is 0. The summed E-state index contributed by atoms with van der Waals surface area (Å²) in [6, 6.07) is 9.76. The number of hydrogen-bond donors (Lipinski definition) is 2. The Morgan fingerprint density at radius 3 is 2.24 bits per heavy atom. The van der Waals surface area contributed by atoms with Crippen LogP contribution in [0.5, 0.6) is 11.5 Å². The van der Waals surface area contributed by atoms with E-state index in [1.54, 1.807) is 6.92 Å². The zero-order valence-corrected chi connectivity index (χ0v) is 10.3. The summed E-state index contributed by atoms with van der Waals surface area (Å²) in [6.07, 6.45) is 0. The minimum Gasteiger partial charge on any atom is -0.507 e. The van der Waals surface area contributed by atoms with Crippen molar-refractivity contribution in [2.45, 2.75) is 20.8 Å². The molecule has 0 radical (unpaired) electrons. The molecule has 2 nitrogen and oxygen atoms in total. The first kappa shape index (κ1) is 11.5. The zero-order chi connectivity index (χ0) is 12.6. The third kappa shape index (κ3) is 1.98. The molecule has 0 aliphatic heterocycles. The summed E-state index contributed by atoms with van der Waals surface area (Å²) in [5.74, 6) is 0.317. The zero-order valence-electron chi connectivity index (χ0n) is 10.3. The molecule has 88 valence electrons. The summed E-state index contributed by atoms with van der Waals surface area (Å²) in [5, 5.41) is 19.8. The summed E-state index contributed by atoms with van der Waals surface area (Å²) in [7, 11) is 0. The van der Waals surface area contributed by atoms with Gasteiger partial charge in [-0.2, -0.15) is 0 Å². The molecule has 2 N–H and O–H groups in total. The van der Waals surface area contributed by atoms with Crippen LogP contribution in [0, 0.1) is 20.8 Å². The highest BCUT2D eigenvalue weighted by atomic mass is 16.3. The number of phenols is 2. The average Bonchev–Trinajstić information content (AvgIpc) is 2.31. The highest BCUT2D eigenvalue weighted by Crippen LogP contribution is 2.38. The van der Waals surface area contributed by atoms with E-state index >= 15 is 0 Å². The number of rotatable bonds is 1. The van der Waals surface area contributed by atoms with Crippen molar-refractivity contribution in [1.29, 1.82) is 0 Å². The molecule has 2 aromatic rings. The van der Waals surface area contributed by atoms with Crippen molar-refractivity contribution in [3.8, 4) is 22.6 Å². The fourth-order valence-corrected chi connectivity index (χ4v) is 2.00. The Morgan fingerprint density at radius 1 is 0.882 bits per heavy atom. The number of aryl methyl sites for hydroxylation is 2. The van der Waals surface area contributed by atoms with Crippen molar-refractivity contribution >= 4 is 0 Å². The van der Waals surface area contributed by atoms with Gasteiger partial charge in [0.2, 0.25) is 0 Å². The van der Waals surface area contributed by atoms with Gasteiger partial charge in [0.1, 0.15) is 11.5 Å². The molecule has 0 aliphatic rings. The minimum atomic E-state index is 0.152. The van der Waals surface area contributed by atoms with Crippen LogP contribution in [0.4, 0.5) is 0 Å². The SMILES string of the molecule is Cc1cccc(-c2cc(C)c(O)c(C)c2O)c1. The molecular weight excluding hydrogens is 212 g/mol. The second-order valence-electron chi connectivity index (χ2n) is 4.43. The Labute approximate surface area is 101 Å². The van der Waals surface area contributed by atoms with Crippen molar-refractivity contribution in [3.05, 3.63) is 47.0 Å². The van der Waals surface area contributed by atoms with Crippen molar-refractivity contribution in [2.75, 3.05) is 0 Å². The van der Waals surface area contributed by atoms with E-state index < -0.39 is 0 Å². The Kier molecular flexibility index (Phi) is 2.80. The normalized spacial score (nSPS) is 10.5. The van der Waals surface area contributed by atoms with Crippen LogP contribution in [0.3, 0.4) is 0 Å². The standard InChI is InChI=1S/C15H16O2/c1-9-5-4-6-12(7-9)13-8-10(2)14(16)11(3)15(13)17/h4-8,16-17H,1-3H3. The first-order chi connectivity index (χ1) is 8.00. The molecule has 2 rings (SSSR count). The number of aromatic hydroxyl groups is 2. The number of phenolic OH excluding ortho intramolecular Hbond substituents is 2. The Balaban J connectivity index is 2.68. The summed E-state index contributed by atoms with van der Waals surface area (Å²) in [6.45, 7) is 5.57. The number of benzene rings is 2. The van der Waals surface area contributed by atoms with Gasteiger partial charge in [-0.1, -0.05) is 29.8 Å². The van der Waals surface area contributed by atoms with Crippen molar-refractivity contribution in [3.63, 3.8) is 0 Å². The van der Waals surface area contributed by atoms with E-state index in [1.165, 1.54) is 0 Å². The monoisotopic (exact) mass is 228 g/mol. The first-order valence-corrected chi connectivity index (χ1v) is 5.60. The highest BCUT2D eigenvalue weighted by Gasteiger charge is 2.12. The maximum atomic E-state index is 10.1. The van der Waals surface area contributed by atoms with Gasteiger partial charge in [-0.25, -0.2) is 0 Å². The van der Waals surface area contributed by atoms with Crippen LogP contribution in [0.15, 0.2) is 30.3 Å². The van der Waals surface area contributed by atoms with Gasteiger partial charge in [-0.05, 0) is 38.0 Å². The van der Waals surface area contributed by atoms with Gasteiger partial charge in [0.05, 0.1) is 0 Å². The maximum absolute atomic E-state index is 10.1. The molecule has 0 unspecified atom stereocenters. The Bertz CT molecular complexity index is 571. The predicted octanol–water partition coefficient (Wildman–Crippen LogP) is 3.69. The molecular formula is C15H16O2. The molecule has 0 saturated heterocycles. The molecule has 0 spiro atoms. The lowest BCUT2D eigenvalue weighted by atomic mass is 9.97. The van der Waals surface area contributed by atoms with Crippen LogP contribution >= 0.6 is 0 Å². The van der Waals surface area contributed by atoms with E-state index in [1.807, 2.05) is 44.2 Å². The van der Waals surface area contributed by atoms with Gasteiger partial charge in [0, 0.05) is 11.1 Å². The summed E-state index contributed by atoms with van der Waals surface area (Å²) in [5.41, 5.74) is 4.18. The second-order valence-corrected chi connectivity index (χ2v) is 4.43. The van der Waals surface area contributed by atoms with E-state index in [0.29, 0.717) is 5.56 Å². The second kappa shape index (κ2) is 4.13. The van der Waals surface area contributed by atoms with E-state index in [-0.39, 0.29) is 11.5 Å². The highest BCUT2D eigenvalue weighted by molar-refractivity contribution is 5.75. The van der Waals surface area contributed by atoms with Crippen LogP contribution in [-0.4, -0.2) is 10.2 Å². The molecule has 0 aromatic heterocycles.